The fraction of sp³-hybridized carbons (Fsp3) is 0.417. The van der Waals surface area contributed by atoms with E-state index in [-0.39, 0.29) is 0 Å². The van der Waals surface area contributed by atoms with Crippen LogP contribution in [0.25, 0.3) is 0 Å². The summed E-state index contributed by atoms with van der Waals surface area (Å²) in [5.74, 6) is 1.17. The molecule has 1 heterocycles. The van der Waals surface area contributed by atoms with E-state index in [0.29, 0.717) is 5.75 Å². The van der Waals surface area contributed by atoms with Gasteiger partial charge in [-0.3, -0.25) is 0 Å². The summed E-state index contributed by atoms with van der Waals surface area (Å²) in [7, 11) is 0. The Hall–Kier alpha value is -1.91. The first-order valence-corrected chi connectivity index (χ1v) is 5.76. The number of aryl methyl sites for hydroxylation is 3. The van der Waals surface area contributed by atoms with Crippen molar-refractivity contribution in [1.29, 1.82) is 0 Å². The van der Waals surface area contributed by atoms with E-state index in [1.54, 1.807) is 12.1 Å². The number of tetrazole rings is 1. The Morgan fingerprint density at radius 3 is 2.59 bits per heavy atom. The van der Waals surface area contributed by atoms with Crippen LogP contribution < -0.4 is 0 Å². The third kappa shape index (κ3) is 3.27. The third-order valence-corrected chi connectivity index (χ3v) is 2.73. The molecule has 0 aliphatic heterocycles. The van der Waals surface area contributed by atoms with E-state index < -0.39 is 0 Å². The van der Waals surface area contributed by atoms with Gasteiger partial charge in [-0.25, -0.2) is 4.68 Å². The van der Waals surface area contributed by atoms with Crippen LogP contribution in [0, 0.1) is 6.92 Å². The second-order valence-electron chi connectivity index (χ2n) is 4.07. The Morgan fingerprint density at radius 2 is 1.94 bits per heavy atom. The Balaban J connectivity index is 1.73. The monoisotopic (exact) mass is 232 g/mol. The molecule has 0 amide bonds. The van der Waals surface area contributed by atoms with E-state index in [9.17, 15) is 0 Å². The molecule has 0 unspecified atom stereocenters. The SMILES string of the molecule is Cc1nnnn1CCCCc1ccc(O)cc1. The second-order valence-corrected chi connectivity index (χ2v) is 4.07. The van der Waals surface area contributed by atoms with Gasteiger partial charge in [-0.1, -0.05) is 12.1 Å². The first-order valence-electron chi connectivity index (χ1n) is 5.76. The normalized spacial score (nSPS) is 10.6. The maximum Gasteiger partial charge on any atom is 0.148 e. The largest absolute Gasteiger partial charge is 0.508 e. The summed E-state index contributed by atoms with van der Waals surface area (Å²) in [6, 6.07) is 7.36. The smallest absolute Gasteiger partial charge is 0.148 e. The van der Waals surface area contributed by atoms with Gasteiger partial charge in [0, 0.05) is 6.54 Å². The molecule has 0 saturated carbocycles. The van der Waals surface area contributed by atoms with Crippen molar-refractivity contribution in [2.45, 2.75) is 32.7 Å². The first kappa shape index (κ1) is 11.6. The molecule has 0 atom stereocenters. The van der Waals surface area contributed by atoms with Gasteiger partial charge in [0.2, 0.25) is 0 Å². The quantitative estimate of drug-likeness (QED) is 0.797. The summed E-state index contributed by atoms with van der Waals surface area (Å²) in [6.45, 7) is 2.76. The number of hydrogen-bond donors (Lipinski definition) is 1. The summed E-state index contributed by atoms with van der Waals surface area (Å²) in [4.78, 5) is 0. The molecule has 0 spiro atoms. The van der Waals surface area contributed by atoms with Crippen molar-refractivity contribution in [3.63, 3.8) is 0 Å². The zero-order chi connectivity index (χ0) is 12.1. The maximum absolute atomic E-state index is 9.16. The van der Waals surface area contributed by atoms with Crippen LogP contribution >= 0.6 is 0 Å². The van der Waals surface area contributed by atoms with Gasteiger partial charge in [-0.2, -0.15) is 0 Å². The minimum atomic E-state index is 0.318. The van der Waals surface area contributed by atoms with E-state index in [1.807, 2.05) is 23.7 Å². The van der Waals surface area contributed by atoms with Crippen molar-refractivity contribution < 1.29 is 5.11 Å². The number of unbranched alkanes of at least 4 members (excludes halogenated alkanes) is 1. The van der Waals surface area contributed by atoms with Crippen molar-refractivity contribution in [1.82, 2.24) is 20.2 Å². The van der Waals surface area contributed by atoms with Crippen LogP contribution in [-0.2, 0) is 13.0 Å². The molecule has 90 valence electrons. The highest BCUT2D eigenvalue weighted by molar-refractivity contribution is 5.25. The van der Waals surface area contributed by atoms with Crippen LogP contribution in [0.3, 0.4) is 0 Å². The fourth-order valence-electron chi connectivity index (χ4n) is 1.71. The molecule has 1 aromatic carbocycles. The Bertz CT molecular complexity index is 464. The third-order valence-electron chi connectivity index (χ3n) is 2.73. The van der Waals surface area contributed by atoms with E-state index in [1.165, 1.54) is 5.56 Å². The molecule has 2 aromatic rings. The van der Waals surface area contributed by atoms with Gasteiger partial charge in [0.15, 0.2) is 0 Å². The van der Waals surface area contributed by atoms with Crippen LogP contribution in [0.4, 0.5) is 0 Å². The topological polar surface area (TPSA) is 63.8 Å². The van der Waals surface area contributed by atoms with Gasteiger partial charge < -0.3 is 5.11 Å². The summed E-state index contributed by atoms with van der Waals surface area (Å²) in [5, 5.41) is 20.5. The molecule has 17 heavy (non-hydrogen) atoms. The van der Waals surface area contributed by atoms with E-state index in [2.05, 4.69) is 15.5 Å². The van der Waals surface area contributed by atoms with Gasteiger partial charge in [0.25, 0.3) is 0 Å². The molecule has 0 radical (unpaired) electrons. The van der Waals surface area contributed by atoms with Gasteiger partial charge in [0.1, 0.15) is 11.6 Å². The Labute approximate surface area is 100 Å². The number of phenolic OH excluding ortho intramolecular Hbond substituents is 1. The summed E-state index contributed by atoms with van der Waals surface area (Å²) < 4.78 is 1.82. The highest BCUT2D eigenvalue weighted by Gasteiger charge is 1.99. The van der Waals surface area contributed by atoms with Crippen molar-refractivity contribution in [3.8, 4) is 5.75 Å². The van der Waals surface area contributed by atoms with Crippen LogP contribution in [0.2, 0.25) is 0 Å². The molecule has 0 aliphatic rings. The number of aromatic nitrogens is 4. The molecule has 2 rings (SSSR count). The summed E-state index contributed by atoms with van der Waals surface area (Å²) in [6.07, 6.45) is 3.15. The van der Waals surface area contributed by atoms with Gasteiger partial charge in [-0.15, -0.1) is 5.10 Å². The van der Waals surface area contributed by atoms with E-state index in [4.69, 9.17) is 5.11 Å². The van der Waals surface area contributed by atoms with Crippen molar-refractivity contribution in [2.24, 2.45) is 0 Å². The van der Waals surface area contributed by atoms with Crippen LogP contribution in [0.15, 0.2) is 24.3 Å². The lowest BCUT2D eigenvalue weighted by molar-refractivity contribution is 0.475. The van der Waals surface area contributed by atoms with Crippen LogP contribution in [0.5, 0.6) is 5.75 Å². The Morgan fingerprint density at radius 1 is 1.18 bits per heavy atom. The molecule has 0 fully saturated rings. The van der Waals surface area contributed by atoms with Crippen LogP contribution in [0.1, 0.15) is 24.2 Å². The minimum absolute atomic E-state index is 0.318. The van der Waals surface area contributed by atoms with Gasteiger partial charge >= 0.3 is 0 Å². The van der Waals surface area contributed by atoms with Gasteiger partial charge in [0.05, 0.1) is 0 Å². The lowest BCUT2D eigenvalue weighted by Crippen LogP contribution is -2.03. The number of aromatic hydroxyl groups is 1. The van der Waals surface area contributed by atoms with E-state index in [0.717, 1.165) is 31.6 Å². The highest BCUT2D eigenvalue weighted by Crippen LogP contribution is 2.12. The van der Waals surface area contributed by atoms with E-state index >= 15 is 0 Å². The Kier molecular flexibility index (Phi) is 3.69. The number of nitrogens with zero attached hydrogens (tertiary/aromatic N) is 4. The molecular weight excluding hydrogens is 216 g/mol. The summed E-state index contributed by atoms with van der Waals surface area (Å²) in [5.41, 5.74) is 1.25. The number of phenols is 1. The second kappa shape index (κ2) is 5.43. The molecule has 1 aromatic heterocycles. The zero-order valence-electron chi connectivity index (χ0n) is 9.87. The standard InChI is InChI=1S/C12H16N4O/c1-10-13-14-15-16(10)9-3-2-4-11-5-7-12(17)8-6-11/h5-8,17H,2-4,9H2,1H3. The first-order chi connectivity index (χ1) is 8.25. The number of rotatable bonds is 5. The highest BCUT2D eigenvalue weighted by atomic mass is 16.3. The van der Waals surface area contributed by atoms with Crippen molar-refractivity contribution in [3.05, 3.63) is 35.7 Å². The average molecular weight is 232 g/mol. The lowest BCUT2D eigenvalue weighted by Gasteiger charge is -2.03. The maximum atomic E-state index is 9.16. The van der Waals surface area contributed by atoms with Gasteiger partial charge in [-0.05, 0) is 54.3 Å². The minimum Gasteiger partial charge on any atom is -0.508 e. The summed E-state index contributed by atoms with van der Waals surface area (Å²) >= 11 is 0. The predicted octanol–water partition coefficient (Wildman–Crippen LogP) is 1.71. The molecule has 0 saturated heterocycles. The van der Waals surface area contributed by atoms with Crippen molar-refractivity contribution in [2.75, 3.05) is 0 Å². The zero-order valence-corrected chi connectivity index (χ0v) is 9.87. The number of hydrogen-bond acceptors (Lipinski definition) is 4. The molecule has 0 aliphatic carbocycles. The number of benzene rings is 1. The fourth-order valence-corrected chi connectivity index (χ4v) is 1.71. The molecule has 5 heteroatoms. The van der Waals surface area contributed by atoms with Crippen molar-refractivity contribution >= 4 is 0 Å². The molecule has 1 N–H and O–H groups in total. The molecular formula is C12H16N4O. The average Bonchev–Trinajstić information content (AvgIpc) is 2.73. The van der Waals surface area contributed by atoms with Crippen LogP contribution in [-0.4, -0.2) is 25.3 Å². The molecule has 0 bridgehead atoms. The lowest BCUT2D eigenvalue weighted by atomic mass is 10.1. The predicted molar refractivity (Wildman–Crippen MR) is 63.6 cm³/mol. The molecule has 5 nitrogen and oxygen atoms in total.